The van der Waals surface area contributed by atoms with Gasteiger partial charge in [-0.1, -0.05) is 19.9 Å². The Hall–Kier alpha value is -2.14. The van der Waals surface area contributed by atoms with Gasteiger partial charge < -0.3 is 15.3 Å². The van der Waals surface area contributed by atoms with Crippen LogP contribution >= 0.6 is 0 Å². The second kappa shape index (κ2) is 8.04. The first-order chi connectivity index (χ1) is 12.4. The molecule has 3 rings (SSSR count). The molecule has 0 spiro atoms. The quantitative estimate of drug-likeness (QED) is 0.854. The predicted octanol–water partition coefficient (Wildman–Crippen LogP) is 3.86. The molecule has 1 saturated heterocycles. The predicted molar refractivity (Wildman–Crippen MR) is 107 cm³/mol. The van der Waals surface area contributed by atoms with E-state index < -0.39 is 0 Å². The van der Waals surface area contributed by atoms with E-state index in [1.807, 2.05) is 25.1 Å². The van der Waals surface area contributed by atoms with Crippen LogP contribution in [0.25, 0.3) is 11.3 Å². The molecule has 2 heterocycles. The van der Waals surface area contributed by atoms with Gasteiger partial charge in [0.25, 0.3) is 0 Å². The minimum absolute atomic E-state index is 0.273. The van der Waals surface area contributed by atoms with E-state index in [0.29, 0.717) is 12.0 Å². The van der Waals surface area contributed by atoms with Gasteiger partial charge in [0.05, 0.1) is 5.69 Å². The first-order valence-electron chi connectivity index (χ1n) is 9.54. The molecule has 1 aliphatic heterocycles. The Balaban J connectivity index is 1.77. The van der Waals surface area contributed by atoms with E-state index in [2.05, 4.69) is 47.4 Å². The first-order valence-corrected chi connectivity index (χ1v) is 9.54. The van der Waals surface area contributed by atoms with E-state index in [-0.39, 0.29) is 5.75 Å². The standard InChI is InChI=1S/C21H30N4O/c1-14(2)10-16-7-8-18(19(26)12-16)21-15(3)11-20(23-24-21)22-17-6-5-9-25(4)13-17/h7-8,11-12,14,17,26H,5-6,9-10,13H2,1-4H3,(H,22,23). The fourth-order valence-electron chi connectivity index (χ4n) is 3.69. The summed E-state index contributed by atoms with van der Waals surface area (Å²) in [7, 11) is 2.15. The Morgan fingerprint density at radius 2 is 2.08 bits per heavy atom. The van der Waals surface area contributed by atoms with Crippen molar-refractivity contribution in [3.05, 3.63) is 35.4 Å². The van der Waals surface area contributed by atoms with E-state index in [9.17, 15) is 5.11 Å². The number of aryl methyl sites for hydroxylation is 1. The zero-order valence-corrected chi connectivity index (χ0v) is 16.3. The summed E-state index contributed by atoms with van der Waals surface area (Å²) in [5.41, 5.74) is 3.64. The van der Waals surface area contributed by atoms with Crippen LogP contribution in [-0.2, 0) is 6.42 Å². The number of phenolic OH excluding ortho intramolecular Hbond substituents is 1. The summed E-state index contributed by atoms with van der Waals surface area (Å²) >= 11 is 0. The van der Waals surface area contributed by atoms with Crippen LogP contribution in [0.15, 0.2) is 24.3 Å². The molecule has 1 aromatic carbocycles. The zero-order valence-electron chi connectivity index (χ0n) is 16.3. The van der Waals surface area contributed by atoms with E-state index in [0.717, 1.165) is 54.1 Å². The van der Waals surface area contributed by atoms with Crippen molar-refractivity contribution in [2.24, 2.45) is 5.92 Å². The van der Waals surface area contributed by atoms with Gasteiger partial charge in [-0.2, -0.15) is 0 Å². The van der Waals surface area contributed by atoms with Gasteiger partial charge in [-0.15, -0.1) is 10.2 Å². The molecular formula is C21H30N4O. The molecule has 2 aromatic rings. The second-order valence-corrected chi connectivity index (χ2v) is 7.96. The highest BCUT2D eigenvalue weighted by Gasteiger charge is 2.18. The van der Waals surface area contributed by atoms with Crippen molar-refractivity contribution in [2.75, 3.05) is 25.5 Å². The highest BCUT2D eigenvalue weighted by atomic mass is 16.3. The SMILES string of the molecule is Cc1cc(NC2CCCN(C)C2)nnc1-c1ccc(CC(C)C)cc1O. The number of anilines is 1. The highest BCUT2D eigenvalue weighted by Crippen LogP contribution is 2.31. The molecule has 140 valence electrons. The first kappa shape index (κ1) is 18.6. The molecular weight excluding hydrogens is 324 g/mol. The van der Waals surface area contributed by atoms with Crippen molar-refractivity contribution in [3.8, 4) is 17.0 Å². The molecule has 0 bridgehead atoms. The minimum Gasteiger partial charge on any atom is -0.507 e. The Morgan fingerprint density at radius 3 is 2.73 bits per heavy atom. The van der Waals surface area contributed by atoms with Gasteiger partial charge >= 0.3 is 0 Å². The van der Waals surface area contributed by atoms with Crippen molar-refractivity contribution in [3.63, 3.8) is 0 Å². The van der Waals surface area contributed by atoms with Crippen LogP contribution in [0.4, 0.5) is 5.82 Å². The lowest BCUT2D eigenvalue weighted by molar-refractivity contribution is 0.260. The van der Waals surface area contributed by atoms with Gasteiger partial charge in [-0.25, -0.2) is 0 Å². The summed E-state index contributed by atoms with van der Waals surface area (Å²) in [4.78, 5) is 2.34. The number of nitrogens with one attached hydrogen (secondary N) is 1. The summed E-state index contributed by atoms with van der Waals surface area (Å²) in [6.45, 7) is 8.56. The lowest BCUT2D eigenvalue weighted by atomic mass is 9.99. The zero-order chi connectivity index (χ0) is 18.7. The fraction of sp³-hybridized carbons (Fsp3) is 0.524. The molecule has 2 N–H and O–H groups in total. The number of benzene rings is 1. The largest absolute Gasteiger partial charge is 0.507 e. The summed E-state index contributed by atoms with van der Waals surface area (Å²) < 4.78 is 0. The Bertz CT molecular complexity index is 760. The van der Waals surface area contributed by atoms with E-state index in [1.165, 1.54) is 6.42 Å². The van der Waals surface area contributed by atoms with E-state index in [1.54, 1.807) is 0 Å². The Morgan fingerprint density at radius 1 is 1.27 bits per heavy atom. The maximum absolute atomic E-state index is 10.5. The molecule has 26 heavy (non-hydrogen) atoms. The normalized spacial score (nSPS) is 18.3. The van der Waals surface area contributed by atoms with Crippen molar-refractivity contribution in [2.45, 2.75) is 46.1 Å². The lowest BCUT2D eigenvalue weighted by Crippen LogP contribution is -2.39. The molecule has 5 heteroatoms. The average Bonchev–Trinajstić information content (AvgIpc) is 2.55. The van der Waals surface area contributed by atoms with Crippen LogP contribution in [0.5, 0.6) is 5.75 Å². The average molecular weight is 354 g/mol. The van der Waals surface area contributed by atoms with Crippen LogP contribution in [0.1, 0.15) is 37.8 Å². The van der Waals surface area contributed by atoms with E-state index in [4.69, 9.17) is 0 Å². The van der Waals surface area contributed by atoms with Crippen molar-refractivity contribution in [1.82, 2.24) is 15.1 Å². The number of piperidine rings is 1. The third-order valence-corrected chi connectivity index (χ3v) is 4.92. The number of likely N-dealkylation sites (tertiary alicyclic amines) is 1. The maximum atomic E-state index is 10.5. The van der Waals surface area contributed by atoms with E-state index >= 15 is 0 Å². The number of nitrogens with zero attached hydrogens (tertiary/aromatic N) is 3. The summed E-state index contributed by atoms with van der Waals surface area (Å²) in [5.74, 6) is 1.64. The van der Waals surface area contributed by atoms with Crippen LogP contribution in [-0.4, -0.2) is 46.4 Å². The molecule has 1 aromatic heterocycles. The van der Waals surface area contributed by atoms with Crippen LogP contribution in [0.2, 0.25) is 0 Å². The summed E-state index contributed by atoms with van der Waals surface area (Å²) in [6, 6.07) is 8.31. The fourth-order valence-corrected chi connectivity index (χ4v) is 3.69. The van der Waals surface area contributed by atoms with Crippen molar-refractivity contribution < 1.29 is 5.11 Å². The summed E-state index contributed by atoms with van der Waals surface area (Å²) in [5, 5.41) is 22.7. The Kier molecular flexibility index (Phi) is 5.77. The van der Waals surface area contributed by atoms with Crippen molar-refractivity contribution in [1.29, 1.82) is 0 Å². The number of hydrogen-bond acceptors (Lipinski definition) is 5. The number of aromatic nitrogens is 2. The van der Waals surface area contributed by atoms with Gasteiger partial charge in [-0.05, 0) is 75.0 Å². The molecule has 1 aliphatic rings. The van der Waals surface area contributed by atoms with Crippen LogP contribution < -0.4 is 5.32 Å². The number of hydrogen-bond donors (Lipinski definition) is 2. The van der Waals surface area contributed by atoms with Gasteiger partial charge in [0, 0.05) is 18.2 Å². The topological polar surface area (TPSA) is 61.3 Å². The monoisotopic (exact) mass is 354 g/mol. The van der Waals surface area contributed by atoms with Gasteiger partial charge in [-0.3, -0.25) is 0 Å². The lowest BCUT2D eigenvalue weighted by Gasteiger charge is -2.30. The van der Waals surface area contributed by atoms with Crippen LogP contribution in [0.3, 0.4) is 0 Å². The van der Waals surface area contributed by atoms with Gasteiger partial charge in [0.15, 0.2) is 0 Å². The number of aromatic hydroxyl groups is 1. The van der Waals surface area contributed by atoms with Crippen LogP contribution in [0, 0.1) is 12.8 Å². The molecule has 0 aliphatic carbocycles. The maximum Gasteiger partial charge on any atom is 0.149 e. The molecule has 5 nitrogen and oxygen atoms in total. The molecule has 1 atom stereocenters. The number of rotatable bonds is 5. The molecule has 0 saturated carbocycles. The summed E-state index contributed by atoms with van der Waals surface area (Å²) in [6.07, 6.45) is 3.32. The number of likely N-dealkylation sites (N-methyl/N-ethyl adjacent to an activating group) is 1. The highest BCUT2D eigenvalue weighted by molar-refractivity contribution is 5.70. The van der Waals surface area contributed by atoms with Gasteiger partial charge in [0.2, 0.25) is 0 Å². The molecule has 1 fully saturated rings. The van der Waals surface area contributed by atoms with Crippen molar-refractivity contribution >= 4 is 5.82 Å². The van der Waals surface area contributed by atoms with Gasteiger partial charge in [0.1, 0.15) is 11.6 Å². The third-order valence-electron chi connectivity index (χ3n) is 4.92. The number of phenols is 1. The molecule has 0 radical (unpaired) electrons. The smallest absolute Gasteiger partial charge is 0.149 e. The third kappa shape index (κ3) is 4.52. The molecule has 1 unspecified atom stereocenters. The molecule has 0 amide bonds. The Labute approximate surface area is 156 Å². The minimum atomic E-state index is 0.273. The second-order valence-electron chi connectivity index (χ2n) is 7.96.